The summed E-state index contributed by atoms with van der Waals surface area (Å²) in [6.07, 6.45) is 9.55. The van der Waals surface area contributed by atoms with E-state index >= 15 is 0 Å². The first kappa shape index (κ1) is 27.2. The van der Waals surface area contributed by atoms with Gasteiger partial charge in [-0.3, -0.25) is 4.52 Å². The van der Waals surface area contributed by atoms with E-state index < -0.39 is 15.6 Å². The molecule has 0 aliphatic rings. The summed E-state index contributed by atoms with van der Waals surface area (Å²) >= 11 is 0. The van der Waals surface area contributed by atoms with Crippen molar-refractivity contribution in [1.29, 1.82) is 0 Å². The standard InChI is InChI=1S/C19H34O7P2/c1-15(2)9-7-11-19(18(6)16(3)4)12-8-10-17(5)13-14-25-28(23,24)26-27(20,21)22/h9,12-13H,7-8,10-11,14H2,1-6H3,(H,23,24)(H2,20,21,22)/b17-13+,19-12-. The number of hydrogen-bond donors (Lipinski definition) is 3. The molecule has 0 aromatic carbocycles. The molecule has 9 heteroatoms. The van der Waals surface area contributed by atoms with E-state index in [9.17, 15) is 14.0 Å². The van der Waals surface area contributed by atoms with Crippen molar-refractivity contribution < 1.29 is 32.6 Å². The fourth-order valence-corrected chi connectivity index (χ4v) is 3.81. The number of allylic oxidation sites excluding steroid dienone is 7. The highest BCUT2D eigenvalue weighted by Gasteiger charge is 2.31. The van der Waals surface area contributed by atoms with Crippen LogP contribution in [0.3, 0.4) is 0 Å². The Morgan fingerprint density at radius 3 is 1.93 bits per heavy atom. The molecule has 0 amide bonds. The number of rotatable bonds is 12. The summed E-state index contributed by atoms with van der Waals surface area (Å²) in [7, 11) is -9.88. The molecular weight excluding hydrogens is 402 g/mol. The quantitative estimate of drug-likeness (QED) is 0.196. The molecule has 0 radical (unpaired) electrons. The van der Waals surface area contributed by atoms with E-state index in [1.807, 2.05) is 6.92 Å². The molecule has 28 heavy (non-hydrogen) atoms. The molecule has 0 spiro atoms. The van der Waals surface area contributed by atoms with Crippen LogP contribution in [0.25, 0.3) is 0 Å². The van der Waals surface area contributed by atoms with Gasteiger partial charge in [-0.15, -0.1) is 0 Å². The molecule has 0 fully saturated rings. The zero-order valence-corrected chi connectivity index (χ0v) is 19.4. The lowest BCUT2D eigenvalue weighted by atomic mass is 9.96. The molecule has 0 aliphatic carbocycles. The Labute approximate surface area is 168 Å². The minimum atomic E-state index is -5.09. The third-order valence-corrected chi connectivity index (χ3v) is 6.16. The minimum Gasteiger partial charge on any atom is -0.302 e. The highest BCUT2D eigenvalue weighted by Crippen LogP contribution is 2.57. The third-order valence-electron chi connectivity index (χ3n) is 4.01. The van der Waals surface area contributed by atoms with Crippen molar-refractivity contribution in [1.82, 2.24) is 0 Å². The molecule has 1 unspecified atom stereocenters. The van der Waals surface area contributed by atoms with Crippen molar-refractivity contribution in [2.24, 2.45) is 0 Å². The van der Waals surface area contributed by atoms with E-state index in [1.54, 1.807) is 6.08 Å². The SMILES string of the molecule is CC(C)=CCC/C(=C/CC/C(C)=C/COP(=O)(O)OP(=O)(O)O)C(C)=C(C)C. The van der Waals surface area contributed by atoms with Crippen molar-refractivity contribution in [2.45, 2.75) is 67.2 Å². The number of phosphoric acid groups is 2. The molecule has 0 saturated carbocycles. The maximum Gasteiger partial charge on any atom is 0.481 e. The molecule has 0 saturated heterocycles. The second kappa shape index (κ2) is 12.7. The summed E-state index contributed by atoms with van der Waals surface area (Å²) in [5.74, 6) is 0. The zero-order chi connectivity index (χ0) is 22.0. The second-order valence-corrected chi connectivity index (χ2v) is 9.93. The fraction of sp³-hybridized carbons (Fsp3) is 0.579. The van der Waals surface area contributed by atoms with E-state index in [-0.39, 0.29) is 6.61 Å². The zero-order valence-electron chi connectivity index (χ0n) is 17.6. The Hall–Kier alpha value is -0.780. The molecule has 0 rings (SSSR count). The van der Waals surface area contributed by atoms with Crippen LogP contribution in [-0.2, 0) is 18.0 Å². The van der Waals surface area contributed by atoms with E-state index in [0.717, 1.165) is 31.3 Å². The van der Waals surface area contributed by atoms with Gasteiger partial charge in [0.1, 0.15) is 0 Å². The van der Waals surface area contributed by atoms with E-state index in [2.05, 4.69) is 55.6 Å². The lowest BCUT2D eigenvalue weighted by molar-refractivity contribution is 0.191. The van der Waals surface area contributed by atoms with Gasteiger partial charge in [0.15, 0.2) is 0 Å². The van der Waals surface area contributed by atoms with Crippen LogP contribution in [0.4, 0.5) is 0 Å². The summed E-state index contributed by atoms with van der Waals surface area (Å²) < 4.78 is 30.2. The molecule has 0 aromatic rings. The van der Waals surface area contributed by atoms with Crippen molar-refractivity contribution in [3.8, 4) is 0 Å². The molecule has 0 aromatic heterocycles. The Bertz CT molecular complexity index is 719. The lowest BCUT2D eigenvalue weighted by Crippen LogP contribution is -1.95. The molecule has 0 bridgehead atoms. The number of phosphoric ester groups is 1. The number of hydrogen-bond acceptors (Lipinski definition) is 4. The average Bonchev–Trinajstić information content (AvgIpc) is 2.49. The Morgan fingerprint density at radius 2 is 1.43 bits per heavy atom. The van der Waals surface area contributed by atoms with Crippen LogP contribution in [0, 0.1) is 0 Å². The first-order valence-electron chi connectivity index (χ1n) is 9.10. The van der Waals surface area contributed by atoms with Gasteiger partial charge in [0.05, 0.1) is 6.61 Å². The van der Waals surface area contributed by atoms with Crippen molar-refractivity contribution >= 4 is 15.6 Å². The topological polar surface area (TPSA) is 113 Å². The minimum absolute atomic E-state index is 0.274. The van der Waals surface area contributed by atoms with Crippen molar-refractivity contribution in [3.05, 3.63) is 46.1 Å². The maximum atomic E-state index is 11.4. The van der Waals surface area contributed by atoms with Crippen LogP contribution in [-0.4, -0.2) is 21.3 Å². The second-order valence-electron chi connectivity index (χ2n) is 7.10. The van der Waals surface area contributed by atoms with Crippen LogP contribution in [0.15, 0.2) is 46.1 Å². The average molecular weight is 436 g/mol. The molecule has 3 N–H and O–H groups in total. The fourth-order valence-electron chi connectivity index (χ4n) is 2.29. The van der Waals surface area contributed by atoms with Crippen LogP contribution < -0.4 is 0 Å². The highest BCUT2D eigenvalue weighted by atomic mass is 31.3. The van der Waals surface area contributed by atoms with Gasteiger partial charge in [0.25, 0.3) is 0 Å². The summed E-state index contributed by atoms with van der Waals surface area (Å²) in [4.78, 5) is 26.3. The van der Waals surface area contributed by atoms with Gasteiger partial charge in [-0.1, -0.05) is 34.9 Å². The first-order chi connectivity index (χ1) is 12.7. The molecule has 162 valence electrons. The van der Waals surface area contributed by atoms with Crippen molar-refractivity contribution in [3.63, 3.8) is 0 Å². The summed E-state index contributed by atoms with van der Waals surface area (Å²) in [5, 5.41) is 0. The predicted molar refractivity (Wildman–Crippen MR) is 113 cm³/mol. The maximum absolute atomic E-state index is 11.4. The van der Waals surface area contributed by atoms with E-state index in [4.69, 9.17) is 9.79 Å². The smallest absolute Gasteiger partial charge is 0.302 e. The van der Waals surface area contributed by atoms with E-state index in [0.29, 0.717) is 0 Å². The molecule has 0 heterocycles. The van der Waals surface area contributed by atoms with Crippen LogP contribution >= 0.6 is 15.6 Å². The Kier molecular flexibility index (Phi) is 12.4. The van der Waals surface area contributed by atoms with Gasteiger partial charge >= 0.3 is 15.6 Å². The van der Waals surface area contributed by atoms with Crippen LogP contribution in [0.5, 0.6) is 0 Å². The molecule has 1 atom stereocenters. The van der Waals surface area contributed by atoms with Gasteiger partial charge in [-0.2, -0.15) is 4.31 Å². The Morgan fingerprint density at radius 1 is 0.857 bits per heavy atom. The molecule has 7 nitrogen and oxygen atoms in total. The summed E-state index contributed by atoms with van der Waals surface area (Å²) in [5.41, 5.74) is 6.13. The largest absolute Gasteiger partial charge is 0.481 e. The van der Waals surface area contributed by atoms with Gasteiger partial charge in [0.2, 0.25) is 0 Å². The van der Waals surface area contributed by atoms with Crippen LogP contribution in [0.1, 0.15) is 67.2 Å². The highest BCUT2D eigenvalue weighted by molar-refractivity contribution is 7.60. The predicted octanol–water partition coefficient (Wildman–Crippen LogP) is 5.97. The molecule has 0 aliphatic heterocycles. The lowest BCUT2D eigenvalue weighted by Gasteiger charge is -2.11. The monoisotopic (exact) mass is 436 g/mol. The summed E-state index contributed by atoms with van der Waals surface area (Å²) in [6, 6.07) is 0. The van der Waals surface area contributed by atoms with E-state index in [1.165, 1.54) is 22.3 Å². The van der Waals surface area contributed by atoms with Gasteiger partial charge in [-0.05, 0) is 78.4 Å². The third kappa shape index (κ3) is 14.3. The molecular formula is C19H34O7P2. The normalized spacial score (nSPS) is 15.2. The van der Waals surface area contributed by atoms with Crippen molar-refractivity contribution in [2.75, 3.05) is 6.61 Å². The first-order valence-corrected chi connectivity index (χ1v) is 12.1. The Balaban J connectivity index is 4.77. The van der Waals surface area contributed by atoms with Gasteiger partial charge in [0, 0.05) is 0 Å². The van der Waals surface area contributed by atoms with Crippen LogP contribution in [0.2, 0.25) is 0 Å². The van der Waals surface area contributed by atoms with Gasteiger partial charge < -0.3 is 14.7 Å². The summed E-state index contributed by atoms with van der Waals surface area (Å²) in [6.45, 7) is 12.1. The van der Waals surface area contributed by atoms with Gasteiger partial charge in [-0.25, -0.2) is 9.13 Å².